The quantitative estimate of drug-likeness (QED) is 0.929. The molecule has 0 radical (unpaired) electrons. The molecule has 1 fully saturated rings. The molecule has 0 saturated heterocycles. The van der Waals surface area contributed by atoms with Crippen molar-refractivity contribution in [1.82, 2.24) is 0 Å². The van der Waals surface area contributed by atoms with E-state index in [1.165, 1.54) is 7.11 Å². The standard InChI is InChI=1S/C15H17ClO5/c1-19-9-8-10-13(21-7-6-20-10)11(12(9)16)15(14(17)18)4-2-3-5-15/h8H,2-7H2,1H3,(H,17,18). The molecule has 1 aliphatic carbocycles. The maximum absolute atomic E-state index is 12.0. The number of rotatable bonds is 3. The number of carboxylic acid groups (broad SMARTS) is 1. The Labute approximate surface area is 127 Å². The van der Waals surface area contributed by atoms with Gasteiger partial charge in [-0.2, -0.15) is 0 Å². The van der Waals surface area contributed by atoms with Gasteiger partial charge in [0.05, 0.1) is 17.5 Å². The molecular weight excluding hydrogens is 296 g/mol. The Hall–Kier alpha value is -1.62. The molecule has 1 aromatic carbocycles. The molecule has 5 nitrogen and oxygen atoms in total. The zero-order valence-corrected chi connectivity index (χ0v) is 12.5. The lowest BCUT2D eigenvalue weighted by Gasteiger charge is -2.31. The average molecular weight is 313 g/mol. The van der Waals surface area contributed by atoms with E-state index in [2.05, 4.69) is 0 Å². The molecule has 6 heteroatoms. The summed E-state index contributed by atoms with van der Waals surface area (Å²) in [6, 6.07) is 1.66. The van der Waals surface area contributed by atoms with Crippen LogP contribution < -0.4 is 14.2 Å². The highest BCUT2D eigenvalue weighted by Crippen LogP contribution is 2.54. The van der Waals surface area contributed by atoms with Gasteiger partial charge in [-0.05, 0) is 12.8 Å². The van der Waals surface area contributed by atoms with Gasteiger partial charge >= 0.3 is 5.97 Å². The van der Waals surface area contributed by atoms with Gasteiger partial charge in [-0.1, -0.05) is 24.4 Å². The van der Waals surface area contributed by atoms with Gasteiger partial charge in [-0.3, -0.25) is 4.79 Å². The molecule has 3 rings (SSSR count). The first-order valence-electron chi connectivity index (χ1n) is 7.00. The predicted octanol–water partition coefficient (Wildman–Crippen LogP) is 3.02. The smallest absolute Gasteiger partial charge is 0.314 e. The molecule has 0 unspecified atom stereocenters. The van der Waals surface area contributed by atoms with Gasteiger partial charge in [0.2, 0.25) is 0 Å². The van der Waals surface area contributed by atoms with Crippen LogP contribution in [0.25, 0.3) is 0 Å². The second kappa shape index (κ2) is 5.30. The van der Waals surface area contributed by atoms with E-state index in [-0.39, 0.29) is 0 Å². The van der Waals surface area contributed by atoms with Crippen LogP contribution in [0.1, 0.15) is 31.2 Å². The number of hydrogen-bond acceptors (Lipinski definition) is 4. The molecule has 114 valence electrons. The van der Waals surface area contributed by atoms with Crippen molar-refractivity contribution < 1.29 is 24.1 Å². The number of hydrogen-bond donors (Lipinski definition) is 1. The molecule has 2 aliphatic rings. The maximum atomic E-state index is 12.0. The topological polar surface area (TPSA) is 65.0 Å². The van der Waals surface area contributed by atoms with Crippen LogP contribution >= 0.6 is 11.6 Å². The second-order valence-electron chi connectivity index (χ2n) is 5.39. The van der Waals surface area contributed by atoms with Crippen LogP contribution in [0.4, 0.5) is 0 Å². The SMILES string of the molecule is COc1cc2c(c(C3(C(=O)O)CCCC3)c1Cl)OCCO2. The lowest BCUT2D eigenvalue weighted by molar-refractivity contribution is -0.143. The Morgan fingerprint density at radius 2 is 2.00 bits per heavy atom. The molecule has 1 heterocycles. The summed E-state index contributed by atoms with van der Waals surface area (Å²) in [7, 11) is 1.50. The monoisotopic (exact) mass is 312 g/mol. The van der Waals surface area contributed by atoms with Gasteiger partial charge in [-0.15, -0.1) is 0 Å². The first kappa shape index (κ1) is 14.3. The summed E-state index contributed by atoms with van der Waals surface area (Å²) in [5.41, 5.74) is -0.514. The number of methoxy groups -OCH3 is 1. The Morgan fingerprint density at radius 1 is 1.33 bits per heavy atom. The second-order valence-corrected chi connectivity index (χ2v) is 5.76. The van der Waals surface area contributed by atoms with Crippen LogP contribution in [0.5, 0.6) is 17.2 Å². The molecule has 1 N–H and O–H groups in total. The van der Waals surface area contributed by atoms with Crippen molar-refractivity contribution >= 4 is 17.6 Å². The third-order valence-corrected chi connectivity index (χ3v) is 4.68. The molecule has 0 aromatic heterocycles. The van der Waals surface area contributed by atoms with Gasteiger partial charge in [0.25, 0.3) is 0 Å². The molecule has 0 atom stereocenters. The number of ether oxygens (including phenoxy) is 3. The summed E-state index contributed by atoms with van der Waals surface area (Å²) < 4.78 is 16.6. The van der Waals surface area contributed by atoms with Crippen LogP contribution in [0.2, 0.25) is 5.02 Å². The minimum Gasteiger partial charge on any atom is -0.495 e. The van der Waals surface area contributed by atoms with E-state index in [0.29, 0.717) is 53.9 Å². The predicted molar refractivity (Wildman–Crippen MR) is 76.8 cm³/mol. The average Bonchev–Trinajstić information content (AvgIpc) is 2.97. The van der Waals surface area contributed by atoms with Gasteiger partial charge in [0.15, 0.2) is 11.5 Å². The molecule has 0 spiro atoms. The van der Waals surface area contributed by atoms with E-state index < -0.39 is 11.4 Å². The number of fused-ring (bicyclic) bond motifs is 1. The molecule has 21 heavy (non-hydrogen) atoms. The Balaban J connectivity index is 2.27. The number of carbonyl (C=O) groups is 1. The fraction of sp³-hybridized carbons (Fsp3) is 0.533. The highest BCUT2D eigenvalue weighted by molar-refractivity contribution is 6.33. The molecular formula is C15H17ClO5. The Bertz CT molecular complexity index is 578. The highest BCUT2D eigenvalue weighted by Gasteiger charge is 2.48. The third-order valence-electron chi connectivity index (χ3n) is 4.30. The summed E-state index contributed by atoms with van der Waals surface area (Å²) in [6.45, 7) is 0.815. The van der Waals surface area contributed by atoms with Crippen LogP contribution in [0.3, 0.4) is 0 Å². The molecule has 1 saturated carbocycles. The summed E-state index contributed by atoms with van der Waals surface area (Å²) in [5.74, 6) is 0.511. The zero-order valence-electron chi connectivity index (χ0n) is 11.8. The lowest BCUT2D eigenvalue weighted by Crippen LogP contribution is -2.34. The first-order valence-corrected chi connectivity index (χ1v) is 7.38. The van der Waals surface area contributed by atoms with Crippen molar-refractivity contribution in [3.05, 3.63) is 16.7 Å². The van der Waals surface area contributed by atoms with E-state index in [1.54, 1.807) is 6.07 Å². The minimum atomic E-state index is -1.02. The van der Waals surface area contributed by atoms with E-state index >= 15 is 0 Å². The van der Waals surface area contributed by atoms with Crippen molar-refractivity contribution in [2.75, 3.05) is 20.3 Å². The summed E-state index contributed by atoms with van der Waals surface area (Å²) >= 11 is 6.44. The minimum absolute atomic E-state index is 0.311. The summed E-state index contributed by atoms with van der Waals surface area (Å²) in [4.78, 5) is 12.0. The molecule has 1 aromatic rings. The fourth-order valence-corrected chi connectivity index (χ4v) is 3.66. The fourth-order valence-electron chi connectivity index (χ4n) is 3.27. The normalized spacial score (nSPS) is 19.3. The van der Waals surface area contributed by atoms with E-state index in [0.717, 1.165) is 12.8 Å². The van der Waals surface area contributed by atoms with Crippen LogP contribution in [0, 0.1) is 0 Å². The van der Waals surface area contributed by atoms with Crippen LogP contribution in [-0.4, -0.2) is 31.4 Å². The van der Waals surface area contributed by atoms with Crippen LogP contribution in [-0.2, 0) is 10.2 Å². The lowest BCUT2D eigenvalue weighted by atomic mass is 9.78. The number of aliphatic carboxylic acids is 1. The zero-order chi connectivity index (χ0) is 15.0. The van der Waals surface area contributed by atoms with Gasteiger partial charge in [0.1, 0.15) is 19.0 Å². The number of benzene rings is 1. The van der Waals surface area contributed by atoms with Gasteiger partial charge in [-0.25, -0.2) is 0 Å². The van der Waals surface area contributed by atoms with Crippen molar-refractivity contribution in [2.24, 2.45) is 0 Å². The summed E-state index contributed by atoms with van der Waals surface area (Å²) in [5, 5.41) is 10.1. The van der Waals surface area contributed by atoms with E-state index in [1.807, 2.05) is 0 Å². The maximum Gasteiger partial charge on any atom is 0.314 e. The van der Waals surface area contributed by atoms with Crippen LogP contribution in [0.15, 0.2) is 6.07 Å². The van der Waals surface area contributed by atoms with Crippen molar-refractivity contribution in [3.8, 4) is 17.2 Å². The van der Waals surface area contributed by atoms with Crippen molar-refractivity contribution in [1.29, 1.82) is 0 Å². The Kier molecular flexibility index (Phi) is 3.61. The largest absolute Gasteiger partial charge is 0.495 e. The number of carboxylic acids is 1. The van der Waals surface area contributed by atoms with Crippen molar-refractivity contribution in [2.45, 2.75) is 31.1 Å². The number of halogens is 1. The summed E-state index contributed by atoms with van der Waals surface area (Å²) in [6.07, 6.45) is 2.81. The molecule has 1 aliphatic heterocycles. The molecule has 0 bridgehead atoms. The van der Waals surface area contributed by atoms with E-state index in [4.69, 9.17) is 25.8 Å². The first-order chi connectivity index (χ1) is 10.1. The Morgan fingerprint density at radius 3 is 2.62 bits per heavy atom. The van der Waals surface area contributed by atoms with Gasteiger partial charge < -0.3 is 19.3 Å². The van der Waals surface area contributed by atoms with E-state index in [9.17, 15) is 9.90 Å². The third kappa shape index (κ3) is 2.11. The highest BCUT2D eigenvalue weighted by atomic mass is 35.5. The molecule has 0 amide bonds. The van der Waals surface area contributed by atoms with Crippen molar-refractivity contribution in [3.63, 3.8) is 0 Å². The van der Waals surface area contributed by atoms with Gasteiger partial charge in [0, 0.05) is 11.6 Å².